The van der Waals surface area contributed by atoms with Crippen molar-refractivity contribution >= 4 is 28.9 Å². The molecule has 1 unspecified atom stereocenters. The van der Waals surface area contributed by atoms with E-state index in [2.05, 4.69) is 5.32 Å². The Kier molecular flexibility index (Phi) is 4.51. The Labute approximate surface area is 126 Å². The van der Waals surface area contributed by atoms with E-state index in [1.807, 2.05) is 13.8 Å². The van der Waals surface area contributed by atoms with Crippen LogP contribution in [0.25, 0.3) is 0 Å². The van der Waals surface area contributed by atoms with Crippen molar-refractivity contribution in [3.8, 4) is 0 Å². The number of hydrogen-bond acceptors (Lipinski definition) is 1. The Morgan fingerprint density at radius 3 is 2.45 bits per heavy atom. The molecule has 20 heavy (non-hydrogen) atoms. The zero-order valence-electron chi connectivity index (χ0n) is 11.0. The molecule has 2 aromatic rings. The van der Waals surface area contributed by atoms with Crippen molar-refractivity contribution in [3.63, 3.8) is 0 Å². The molecule has 0 bridgehead atoms. The lowest BCUT2D eigenvalue weighted by Crippen LogP contribution is -2.09. The van der Waals surface area contributed by atoms with Gasteiger partial charge in [-0.05, 0) is 49.2 Å². The van der Waals surface area contributed by atoms with E-state index in [9.17, 15) is 8.78 Å². The summed E-state index contributed by atoms with van der Waals surface area (Å²) >= 11 is 11.7. The molecule has 0 heterocycles. The Bertz CT molecular complexity index is 644. The Morgan fingerprint density at radius 1 is 1.05 bits per heavy atom. The van der Waals surface area contributed by atoms with Gasteiger partial charge in [-0.2, -0.15) is 0 Å². The van der Waals surface area contributed by atoms with Crippen LogP contribution in [0.2, 0.25) is 10.0 Å². The molecule has 0 radical (unpaired) electrons. The van der Waals surface area contributed by atoms with E-state index in [1.165, 1.54) is 24.3 Å². The fourth-order valence-corrected chi connectivity index (χ4v) is 2.48. The van der Waals surface area contributed by atoms with Crippen LogP contribution in [0.1, 0.15) is 24.1 Å². The van der Waals surface area contributed by atoms with Gasteiger partial charge in [0, 0.05) is 10.7 Å². The van der Waals surface area contributed by atoms with Crippen molar-refractivity contribution in [2.45, 2.75) is 19.9 Å². The predicted molar refractivity (Wildman–Crippen MR) is 79.6 cm³/mol. The van der Waals surface area contributed by atoms with E-state index in [0.29, 0.717) is 16.3 Å². The van der Waals surface area contributed by atoms with Crippen LogP contribution in [0, 0.1) is 18.6 Å². The lowest BCUT2D eigenvalue weighted by molar-refractivity contribution is 0.623. The van der Waals surface area contributed by atoms with Crippen LogP contribution in [-0.2, 0) is 0 Å². The summed E-state index contributed by atoms with van der Waals surface area (Å²) in [6.07, 6.45) is 0. The second kappa shape index (κ2) is 5.98. The van der Waals surface area contributed by atoms with Crippen molar-refractivity contribution in [1.82, 2.24) is 0 Å². The number of benzene rings is 2. The Hall–Kier alpha value is -1.32. The summed E-state index contributed by atoms with van der Waals surface area (Å²) in [5.74, 6) is -0.866. The van der Waals surface area contributed by atoms with E-state index in [4.69, 9.17) is 23.2 Å². The highest BCUT2D eigenvalue weighted by Crippen LogP contribution is 2.31. The first-order valence-electron chi connectivity index (χ1n) is 6.05. The molecule has 1 N–H and O–H groups in total. The Balaban J connectivity index is 2.30. The number of rotatable bonds is 3. The third-order valence-corrected chi connectivity index (χ3v) is 3.69. The monoisotopic (exact) mass is 315 g/mol. The predicted octanol–water partition coefficient (Wildman–Crippen LogP) is 5.75. The molecule has 0 saturated carbocycles. The zero-order valence-corrected chi connectivity index (χ0v) is 12.5. The summed E-state index contributed by atoms with van der Waals surface area (Å²) in [4.78, 5) is 0. The lowest BCUT2D eigenvalue weighted by Gasteiger charge is -2.19. The fraction of sp³-hybridized carbons (Fsp3) is 0.200. The standard InChI is InChI=1S/C15H13Cl2F2N/c1-8-3-4-10(18)5-15(8)20-9(2)11-6-14(19)13(17)7-12(11)16/h3-7,9,20H,1-2H3. The molecule has 106 valence electrons. The maximum Gasteiger partial charge on any atom is 0.142 e. The van der Waals surface area contributed by atoms with Crippen LogP contribution >= 0.6 is 23.2 Å². The van der Waals surface area contributed by atoms with Gasteiger partial charge in [-0.25, -0.2) is 8.78 Å². The normalized spacial score (nSPS) is 12.3. The van der Waals surface area contributed by atoms with E-state index >= 15 is 0 Å². The summed E-state index contributed by atoms with van der Waals surface area (Å²) in [6, 6.07) is 6.83. The number of hydrogen-bond donors (Lipinski definition) is 1. The van der Waals surface area contributed by atoms with Gasteiger partial charge in [0.05, 0.1) is 11.1 Å². The van der Waals surface area contributed by atoms with Gasteiger partial charge in [-0.15, -0.1) is 0 Å². The molecule has 0 aliphatic carbocycles. The highest BCUT2D eigenvalue weighted by Gasteiger charge is 2.14. The first kappa shape index (κ1) is 15.1. The summed E-state index contributed by atoms with van der Waals surface area (Å²) in [7, 11) is 0. The molecule has 2 rings (SSSR count). The van der Waals surface area contributed by atoms with Gasteiger partial charge in [0.1, 0.15) is 11.6 Å². The average molecular weight is 316 g/mol. The molecule has 2 aromatic carbocycles. The Morgan fingerprint density at radius 2 is 1.75 bits per heavy atom. The summed E-state index contributed by atoms with van der Waals surface area (Å²) in [5.41, 5.74) is 2.10. The van der Waals surface area contributed by atoms with E-state index in [-0.39, 0.29) is 16.9 Å². The molecular weight excluding hydrogens is 303 g/mol. The average Bonchev–Trinajstić information content (AvgIpc) is 2.38. The molecule has 0 fully saturated rings. The zero-order chi connectivity index (χ0) is 14.9. The van der Waals surface area contributed by atoms with Gasteiger partial charge < -0.3 is 5.32 Å². The van der Waals surface area contributed by atoms with Crippen LogP contribution in [0.5, 0.6) is 0 Å². The van der Waals surface area contributed by atoms with Gasteiger partial charge in [0.15, 0.2) is 0 Å². The molecule has 1 atom stereocenters. The third-order valence-electron chi connectivity index (χ3n) is 3.08. The van der Waals surface area contributed by atoms with Gasteiger partial charge in [0.2, 0.25) is 0 Å². The van der Waals surface area contributed by atoms with Crippen molar-refractivity contribution in [2.24, 2.45) is 0 Å². The minimum atomic E-state index is -0.532. The minimum absolute atomic E-state index is 0.0205. The first-order chi connectivity index (χ1) is 9.38. The van der Waals surface area contributed by atoms with Crippen molar-refractivity contribution in [2.75, 3.05) is 5.32 Å². The lowest BCUT2D eigenvalue weighted by atomic mass is 10.1. The second-order valence-corrected chi connectivity index (χ2v) is 5.43. The topological polar surface area (TPSA) is 12.0 Å². The van der Waals surface area contributed by atoms with Crippen LogP contribution in [0.4, 0.5) is 14.5 Å². The number of halogens is 4. The van der Waals surface area contributed by atoms with Crippen LogP contribution in [0.3, 0.4) is 0 Å². The van der Waals surface area contributed by atoms with E-state index in [0.717, 1.165) is 5.56 Å². The number of nitrogens with one attached hydrogen (secondary N) is 1. The quantitative estimate of drug-likeness (QED) is 0.711. The third kappa shape index (κ3) is 3.22. The first-order valence-corrected chi connectivity index (χ1v) is 6.81. The molecule has 0 spiro atoms. The van der Waals surface area contributed by atoms with Crippen LogP contribution in [0.15, 0.2) is 30.3 Å². The highest BCUT2D eigenvalue weighted by molar-refractivity contribution is 6.35. The molecule has 5 heteroatoms. The minimum Gasteiger partial charge on any atom is -0.378 e. The summed E-state index contributed by atoms with van der Waals surface area (Å²) in [6.45, 7) is 3.68. The van der Waals surface area contributed by atoms with Crippen LogP contribution < -0.4 is 5.32 Å². The van der Waals surface area contributed by atoms with Gasteiger partial charge in [-0.3, -0.25) is 0 Å². The van der Waals surface area contributed by atoms with E-state index in [1.54, 1.807) is 6.07 Å². The number of anilines is 1. The largest absolute Gasteiger partial charge is 0.378 e. The summed E-state index contributed by atoms with van der Waals surface area (Å²) in [5, 5.41) is 3.47. The van der Waals surface area contributed by atoms with Crippen LogP contribution in [-0.4, -0.2) is 0 Å². The van der Waals surface area contributed by atoms with Crippen molar-refractivity contribution < 1.29 is 8.78 Å². The van der Waals surface area contributed by atoms with E-state index < -0.39 is 5.82 Å². The van der Waals surface area contributed by atoms with Crippen molar-refractivity contribution in [1.29, 1.82) is 0 Å². The molecule has 1 nitrogen and oxygen atoms in total. The maximum atomic E-state index is 13.5. The van der Waals surface area contributed by atoms with Gasteiger partial charge in [-0.1, -0.05) is 29.3 Å². The molecule has 0 aliphatic heterocycles. The fourth-order valence-electron chi connectivity index (χ4n) is 1.93. The summed E-state index contributed by atoms with van der Waals surface area (Å²) < 4.78 is 26.8. The maximum absolute atomic E-state index is 13.5. The molecule has 0 aromatic heterocycles. The van der Waals surface area contributed by atoms with Gasteiger partial charge >= 0.3 is 0 Å². The van der Waals surface area contributed by atoms with Gasteiger partial charge in [0.25, 0.3) is 0 Å². The molecule has 0 amide bonds. The number of aryl methyl sites for hydroxylation is 1. The second-order valence-electron chi connectivity index (χ2n) is 4.61. The smallest absolute Gasteiger partial charge is 0.142 e. The molecule has 0 saturated heterocycles. The van der Waals surface area contributed by atoms with Crippen molar-refractivity contribution in [3.05, 3.63) is 63.1 Å². The molecule has 0 aliphatic rings. The highest BCUT2D eigenvalue weighted by atomic mass is 35.5. The molecular formula is C15H13Cl2F2N. The SMILES string of the molecule is Cc1ccc(F)cc1NC(C)c1cc(F)c(Cl)cc1Cl.